The van der Waals surface area contributed by atoms with E-state index in [1.54, 1.807) is 0 Å². The third-order valence-electron chi connectivity index (χ3n) is 4.43. The Balaban J connectivity index is 1.82. The van der Waals surface area contributed by atoms with Crippen LogP contribution in [0.5, 0.6) is 5.75 Å². The highest BCUT2D eigenvalue weighted by molar-refractivity contribution is 5.93. The van der Waals surface area contributed by atoms with E-state index >= 15 is 0 Å². The molecule has 1 aliphatic rings. The van der Waals surface area contributed by atoms with E-state index in [0.29, 0.717) is 18.7 Å². The van der Waals surface area contributed by atoms with Crippen molar-refractivity contribution in [1.82, 2.24) is 4.90 Å². The Morgan fingerprint density at radius 3 is 2.58 bits per heavy atom. The fourth-order valence-corrected chi connectivity index (χ4v) is 3.21. The molecule has 1 fully saturated rings. The minimum absolute atomic E-state index is 0.409. The molecule has 26 heavy (non-hydrogen) atoms. The van der Waals surface area contributed by atoms with Gasteiger partial charge in [-0.15, -0.1) is 0 Å². The summed E-state index contributed by atoms with van der Waals surface area (Å²) in [6.07, 6.45) is 0.877. The first kappa shape index (κ1) is 18.2. The van der Waals surface area contributed by atoms with Crippen molar-refractivity contribution in [2.24, 2.45) is 0 Å². The molecule has 1 heterocycles. The average Bonchev–Trinajstić information content (AvgIpc) is 3.06. The third kappa shape index (κ3) is 3.82. The second-order valence-electron chi connectivity index (χ2n) is 7.69. The van der Waals surface area contributed by atoms with Crippen LogP contribution < -0.4 is 4.74 Å². The molecule has 5 heteroatoms. The molecule has 1 amide bonds. The van der Waals surface area contributed by atoms with Crippen molar-refractivity contribution in [3.05, 3.63) is 42.0 Å². The highest BCUT2D eigenvalue weighted by atomic mass is 16.6. The summed E-state index contributed by atoms with van der Waals surface area (Å²) in [7, 11) is 0. The second kappa shape index (κ2) is 6.98. The van der Waals surface area contributed by atoms with Gasteiger partial charge in [-0.1, -0.05) is 36.4 Å². The molecular formula is C21H25NO4. The number of ether oxygens (including phenoxy) is 2. The van der Waals surface area contributed by atoms with Crippen LogP contribution >= 0.6 is 0 Å². The molecule has 0 N–H and O–H groups in total. The number of hydrogen-bond donors (Lipinski definition) is 0. The summed E-state index contributed by atoms with van der Waals surface area (Å²) >= 11 is 0. The van der Waals surface area contributed by atoms with E-state index in [1.165, 1.54) is 4.90 Å². The second-order valence-corrected chi connectivity index (χ2v) is 7.69. The van der Waals surface area contributed by atoms with Crippen LogP contribution in [0, 0.1) is 6.92 Å². The summed E-state index contributed by atoms with van der Waals surface area (Å²) in [5.41, 5.74) is 0.291. The molecule has 0 bridgehead atoms. The number of amides is 1. The zero-order chi connectivity index (χ0) is 18.9. The smallest absolute Gasteiger partial charge is 0.411 e. The largest absolute Gasteiger partial charge is 0.444 e. The van der Waals surface area contributed by atoms with Gasteiger partial charge < -0.3 is 9.47 Å². The highest BCUT2D eigenvalue weighted by Gasteiger charge is 2.38. The molecule has 0 spiro atoms. The predicted octanol–water partition coefficient (Wildman–Crippen LogP) is 4.45. The number of esters is 1. The van der Waals surface area contributed by atoms with Gasteiger partial charge in [0.1, 0.15) is 17.4 Å². The van der Waals surface area contributed by atoms with E-state index in [1.807, 2.05) is 64.1 Å². The van der Waals surface area contributed by atoms with Crippen LogP contribution in [0.2, 0.25) is 0 Å². The SMILES string of the molecule is Cc1ccc2ccccc2c1OC(=O)[C@@H]1CCCN1C(=O)OC(C)(C)C. The standard InChI is InChI=1S/C21H25NO4/c1-14-11-12-15-8-5-6-9-16(15)18(14)25-19(23)17-10-7-13-22(17)20(24)26-21(2,3)4/h5-6,8-9,11-12,17H,7,10,13H2,1-4H3/t17-/m0/s1. The van der Waals surface area contributed by atoms with Gasteiger partial charge >= 0.3 is 12.1 Å². The van der Waals surface area contributed by atoms with Crippen LogP contribution in [0.4, 0.5) is 4.79 Å². The van der Waals surface area contributed by atoms with Gasteiger partial charge in [-0.2, -0.15) is 0 Å². The molecule has 0 unspecified atom stereocenters. The van der Waals surface area contributed by atoms with Gasteiger partial charge in [0.2, 0.25) is 0 Å². The molecule has 1 saturated heterocycles. The number of rotatable bonds is 2. The zero-order valence-corrected chi connectivity index (χ0v) is 15.7. The summed E-state index contributed by atoms with van der Waals surface area (Å²) in [5.74, 6) is 0.150. The zero-order valence-electron chi connectivity index (χ0n) is 15.7. The summed E-state index contributed by atoms with van der Waals surface area (Å²) in [6, 6.07) is 11.1. The van der Waals surface area contributed by atoms with Crippen molar-refractivity contribution in [2.45, 2.75) is 52.2 Å². The van der Waals surface area contributed by atoms with Crippen molar-refractivity contribution >= 4 is 22.8 Å². The summed E-state index contributed by atoms with van der Waals surface area (Å²) in [4.78, 5) is 26.7. The first-order valence-corrected chi connectivity index (χ1v) is 8.96. The summed E-state index contributed by atoms with van der Waals surface area (Å²) in [5, 5.41) is 1.90. The van der Waals surface area contributed by atoms with Crippen LogP contribution in [0.1, 0.15) is 39.2 Å². The maximum absolute atomic E-state index is 12.8. The number of carbonyl (C=O) groups excluding carboxylic acids is 2. The van der Waals surface area contributed by atoms with Crippen LogP contribution in [0.3, 0.4) is 0 Å². The molecule has 138 valence electrons. The van der Waals surface area contributed by atoms with Crippen LogP contribution in [-0.4, -0.2) is 35.2 Å². The molecule has 0 saturated carbocycles. The van der Waals surface area contributed by atoms with E-state index in [0.717, 1.165) is 22.8 Å². The molecule has 0 aromatic heterocycles. The van der Waals surface area contributed by atoms with E-state index < -0.39 is 23.7 Å². The Morgan fingerprint density at radius 2 is 1.85 bits per heavy atom. The summed E-state index contributed by atoms with van der Waals surface area (Å²) in [6.45, 7) is 7.85. The molecule has 2 aromatic rings. The molecule has 5 nitrogen and oxygen atoms in total. The molecule has 0 radical (unpaired) electrons. The average molecular weight is 355 g/mol. The van der Waals surface area contributed by atoms with E-state index in [4.69, 9.17) is 9.47 Å². The van der Waals surface area contributed by atoms with Gasteiger partial charge in [-0.3, -0.25) is 4.90 Å². The first-order chi connectivity index (χ1) is 12.3. The minimum atomic E-state index is -0.608. The normalized spacial score (nSPS) is 17.4. The van der Waals surface area contributed by atoms with E-state index in [2.05, 4.69) is 0 Å². The molecule has 1 aliphatic heterocycles. The fraction of sp³-hybridized carbons (Fsp3) is 0.429. The number of hydrogen-bond acceptors (Lipinski definition) is 4. The lowest BCUT2D eigenvalue weighted by Gasteiger charge is -2.27. The number of carbonyl (C=O) groups is 2. The Bertz CT molecular complexity index is 838. The maximum atomic E-state index is 12.8. The highest BCUT2D eigenvalue weighted by Crippen LogP contribution is 2.31. The Kier molecular flexibility index (Phi) is 4.90. The van der Waals surface area contributed by atoms with Gasteiger partial charge in [0.15, 0.2) is 0 Å². The van der Waals surface area contributed by atoms with Gasteiger partial charge in [-0.05, 0) is 51.5 Å². The third-order valence-corrected chi connectivity index (χ3v) is 4.43. The summed E-state index contributed by atoms with van der Waals surface area (Å²) < 4.78 is 11.2. The Morgan fingerprint density at radius 1 is 1.12 bits per heavy atom. The monoisotopic (exact) mass is 355 g/mol. The number of fused-ring (bicyclic) bond motifs is 1. The Hall–Kier alpha value is -2.56. The van der Waals surface area contributed by atoms with Crippen LogP contribution in [-0.2, 0) is 9.53 Å². The molecule has 1 atom stereocenters. The van der Waals surface area contributed by atoms with Crippen LogP contribution in [0.15, 0.2) is 36.4 Å². The lowest BCUT2D eigenvalue weighted by Crippen LogP contribution is -2.44. The van der Waals surface area contributed by atoms with Crippen molar-refractivity contribution in [3.8, 4) is 5.75 Å². The van der Waals surface area contributed by atoms with Crippen molar-refractivity contribution in [1.29, 1.82) is 0 Å². The van der Waals surface area contributed by atoms with Crippen molar-refractivity contribution < 1.29 is 19.1 Å². The Labute approximate surface area is 153 Å². The lowest BCUT2D eigenvalue weighted by molar-refractivity contribution is -0.139. The van der Waals surface area contributed by atoms with Crippen LogP contribution in [0.25, 0.3) is 10.8 Å². The van der Waals surface area contributed by atoms with Gasteiger partial charge in [0.25, 0.3) is 0 Å². The van der Waals surface area contributed by atoms with Gasteiger partial charge in [-0.25, -0.2) is 9.59 Å². The topological polar surface area (TPSA) is 55.8 Å². The molecular weight excluding hydrogens is 330 g/mol. The van der Waals surface area contributed by atoms with E-state index in [9.17, 15) is 9.59 Å². The fourth-order valence-electron chi connectivity index (χ4n) is 3.21. The molecule has 3 rings (SSSR count). The molecule has 0 aliphatic carbocycles. The van der Waals surface area contributed by atoms with Gasteiger partial charge in [0.05, 0.1) is 0 Å². The lowest BCUT2D eigenvalue weighted by atomic mass is 10.1. The minimum Gasteiger partial charge on any atom is -0.444 e. The quantitative estimate of drug-likeness (QED) is 0.590. The maximum Gasteiger partial charge on any atom is 0.411 e. The number of likely N-dealkylation sites (tertiary alicyclic amines) is 1. The van der Waals surface area contributed by atoms with E-state index in [-0.39, 0.29) is 0 Å². The number of benzene rings is 2. The van der Waals surface area contributed by atoms with Crippen molar-refractivity contribution in [2.75, 3.05) is 6.54 Å². The van der Waals surface area contributed by atoms with Crippen molar-refractivity contribution in [3.63, 3.8) is 0 Å². The first-order valence-electron chi connectivity index (χ1n) is 8.96. The number of nitrogens with zero attached hydrogens (tertiary/aromatic N) is 1. The predicted molar refractivity (Wildman–Crippen MR) is 100 cm³/mol. The van der Waals surface area contributed by atoms with Gasteiger partial charge in [0, 0.05) is 11.9 Å². The molecule has 2 aromatic carbocycles. The number of aryl methyl sites for hydroxylation is 1.